The van der Waals surface area contributed by atoms with Gasteiger partial charge in [0.05, 0.1) is 18.2 Å². The van der Waals surface area contributed by atoms with Gasteiger partial charge < -0.3 is 15.5 Å². The standard InChI is InChI=1S/C22H30N4O3S/c1-24-30(28,29)20-12-8-11-18(22(20)23)15-21(27)25(2)19(16-26-13-6-7-14-26)17-9-4-3-5-10-17/h3-5,8-12,19,24H,6-7,13-16,23H2,1-2H3/t19-/m0/s1. The lowest BCUT2D eigenvalue weighted by atomic mass is 10.0. The van der Waals surface area contributed by atoms with Crippen LogP contribution in [0.1, 0.15) is 30.0 Å². The molecule has 3 N–H and O–H groups in total. The third-order valence-electron chi connectivity index (χ3n) is 5.73. The Kier molecular flexibility index (Phi) is 7.12. The number of para-hydroxylation sites is 1. The molecule has 0 saturated carbocycles. The highest BCUT2D eigenvalue weighted by atomic mass is 32.2. The van der Waals surface area contributed by atoms with Crippen molar-refractivity contribution in [2.75, 3.05) is 39.5 Å². The number of anilines is 1. The Hall–Kier alpha value is -2.42. The van der Waals surface area contributed by atoms with Gasteiger partial charge in [-0.15, -0.1) is 0 Å². The number of hydrogen-bond acceptors (Lipinski definition) is 5. The zero-order chi connectivity index (χ0) is 21.7. The summed E-state index contributed by atoms with van der Waals surface area (Å²) in [5.74, 6) is -0.103. The van der Waals surface area contributed by atoms with Gasteiger partial charge in [0.25, 0.3) is 0 Å². The first kappa shape index (κ1) is 22.3. The third kappa shape index (κ3) is 5.00. The largest absolute Gasteiger partial charge is 0.397 e. The van der Waals surface area contributed by atoms with Gasteiger partial charge in [-0.25, -0.2) is 13.1 Å². The van der Waals surface area contributed by atoms with Crippen molar-refractivity contribution in [3.63, 3.8) is 0 Å². The second kappa shape index (κ2) is 9.59. The van der Waals surface area contributed by atoms with E-state index in [0.717, 1.165) is 25.2 Å². The summed E-state index contributed by atoms with van der Waals surface area (Å²) in [6, 6.07) is 14.7. The number of benzene rings is 2. The van der Waals surface area contributed by atoms with Crippen LogP contribution in [0.2, 0.25) is 0 Å². The minimum Gasteiger partial charge on any atom is -0.397 e. The number of sulfonamides is 1. The van der Waals surface area contributed by atoms with E-state index in [9.17, 15) is 13.2 Å². The van der Waals surface area contributed by atoms with Gasteiger partial charge in [-0.2, -0.15) is 0 Å². The molecule has 2 aromatic rings. The van der Waals surface area contributed by atoms with Crippen LogP contribution in [0, 0.1) is 0 Å². The molecule has 3 rings (SSSR count). The van der Waals surface area contributed by atoms with Crippen LogP contribution in [0.4, 0.5) is 5.69 Å². The average molecular weight is 431 g/mol. The molecule has 1 saturated heterocycles. The van der Waals surface area contributed by atoms with Crippen LogP contribution in [-0.4, -0.2) is 57.9 Å². The van der Waals surface area contributed by atoms with E-state index in [2.05, 4.69) is 9.62 Å². The minimum atomic E-state index is -3.69. The lowest BCUT2D eigenvalue weighted by Gasteiger charge is -2.32. The number of likely N-dealkylation sites (N-methyl/N-ethyl adjacent to an activating group) is 1. The molecule has 0 aliphatic carbocycles. The SMILES string of the molecule is CNS(=O)(=O)c1cccc(CC(=O)N(C)[C@@H](CN2CCCC2)c2ccccc2)c1N. The van der Waals surface area contributed by atoms with Gasteiger partial charge in [-0.3, -0.25) is 4.79 Å². The van der Waals surface area contributed by atoms with Gasteiger partial charge in [-0.05, 0) is 50.2 Å². The summed E-state index contributed by atoms with van der Waals surface area (Å²) >= 11 is 0. The molecular weight excluding hydrogens is 400 g/mol. The Bertz CT molecular complexity index is 973. The molecule has 1 heterocycles. The summed E-state index contributed by atoms with van der Waals surface area (Å²) in [6.45, 7) is 2.86. The first-order valence-corrected chi connectivity index (χ1v) is 11.7. The summed E-state index contributed by atoms with van der Waals surface area (Å²) in [5.41, 5.74) is 7.82. The number of carbonyl (C=O) groups excluding carboxylic acids is 1. The Morgan fingerprint density at radius 1 is 1.13 bits per heavy atom. The van der Waals surface area contributed by atoms with E-state index >= 15 is 0 Å². The zero-order valence-electron chi connectivity index (χ0n) is 17.5. The Labute approximate surface area is 178 Å². The molecule has 30 heavy (non-hydrogen) atoms. The number of amides is 1. The van der Waals surface area contributed by atoms with Crippen LogP contribution < -0.4 is 10.5 Å². The summed E-state index contributed by atoms with van der Waals surface area (Å²) < 4.78 is 26.6. The van der Waals surface area contributed by atoms with Crippen LogP contribution in [-0.2, 0) is 21.2 Å². The number of likely N-dealkylation sites (tertiary alicyclic amines) is 1. The second-order valence-corrected chi connectivity index (χ2v) is 9.51. The fourth-order valence-electron chi connectivity index (χ4n) is 3.89. The first-order valence-electron chi connectivity index (χ1n) is 10.2. The molecule has 0 radical (unpaired) electrons. The number of carbonyl (C=O) groups is 1. The Morgan fingerprint density at radius 3 is 2.43 bits per heavy atom. The normalized spacial score (nSPS) is 15.8. The lowest BCUT2D eigenvalue weighted by Crippen LogP contribution is -2.39. The van der Waals surface area contributed by atoms with Crippen molar-refractivity contribution in [1.82, 2.24) is 14.5 Å². The fraction of sp³-hybridized carbons (Fsp3) is 0.409. The molecule has 7 nitrogen and oxygen atoms in total. The van der Waals surface area contributed by atoms with Gasteiger partial charge in [-0.1, -0.05) is 42.5 Å². The lowest BCUT2D eigenvalue weighted by molar-refractivity contribution is -0.131. The Morgan fingerprint density at radius 2 is 1.80 bits per heavy atom. The molecule has 0 spiro atoms. The summed E-state index contributed by atoms with van der Waals surface area (Å²) in [4.78, 5) is 17.3. The second-order valence-electron chi connectivity index (χ2n) is 7.65. The monoisotopic (exact) mass is 430 g/mol. The maximum atomic E-state index is 13.2. The molecule has 0 aromatic heterocycles. The molecule has 1 amide bonds. The highest BCUT2D eigenvalue weighted by Crippen LogP contribution is 2.26. The van der Waals surface area contributed by atoms with Crippen LogP contribution in [0.15, 0.2) is 53.4 Å². The summed E-state index contributed by atoms with van der Waals surface area (Å²) in [7, 11) is -0.547. The number of nitrogen functional groups attached to an aromatic ring is 1. The van der Waals surface area contributed by atoms with Crippen LogP contribution in [0.3, 0.4) is 0 Å². The van der Waals surface area contributed by atoms with Crippen LogP contribution in [0.5, 0.6) is 0 Å². The number of nitrogens with zero attached hydrogens (tertiary/aromatic N) is 2. The fourth-order valence-corrected chi connectivity index (χ4v) is 4.78. The van der Waals surface area contributed by atoms with Gasteiger partial charge in [0.1, 0.15) is 4.90 Å². The Balaban J connectivity index is 1.83. The van der Waals surface area contributed by atoms with Crippen LogP contribution in [0.25, 0.3) is 0 Å². The maximum absolute atomic E-state index is 13.2. The molecule has 1 fully saturated rings. The van der Waals surface area contributed by atoms with Gasteiger partial charge >= 0.3 is 0 Å². The highest BCUT2D eigenvalue weighted by molar-refractivity contribution is 7.89. The van der Waals surface area contributed by atoms with E-state index in [1.54, 1.807) is 24.1 Å². The van der Waals surface area contributed by atoms with Gasteiger partial charge in [0.15, 0.2) is 0 Å². The van der Waals surface area contributed by atoms with E-state index in [1.807, 2.05) is 30.3 Å². The number of rotatable bonds is 8. The van der Waals surface area contributed by atoms with E-state index in [4.69, 9.17) is 5.73 Å². The highest BCUT2D eigenvalue weighted by Gasteiger charge is 2.26. The molecule has 0 bridgehead atoms. The molecular formula is C22H30N4O3S. The molecule has 1 aliphatic rings. The minimum absolute atomic E-state index is 0.00497. The number of nitrogens with one attached hydrogen (secondary N) is 1. The van der Waals surface area contributed by atoms with Gasteiger partial charge in [0, 0.05) is 13.6 Å². The number of hydrogen-bond donors (Lipinski definition) is 2. The van der Waals surface area contributed by atoms with Crippen molar-refractivity contribution in [3.05, 3.63) is 59.7 Å². The molecule has 1 aliphatic heterocycles. The van der Waals surface area contributed by atoms with E-state index in [0.29, 0.717) is 5.56 Å². The summed E-state index contributed by atoms with van der Waals surface area (Å²) in [5, 5.41) is 0. The molecule has 0 unspecified atom stereocenters. The number of nitrogens with two attached hydrogens (primary N) is 1. The maximum Gasteiger partial charge on any atom is 0.242 e. The molecule has 1 atom stereocenters. The smallest absolute Gasteiger partial charge is 0.242 e. The van der Waals surface area contributed by atoms with E-state index in [-0.39, 0.29) is 29.0 Å². The van der Waals surface area contributed by atoms with Crippen molar-refractivity contribution in [1.29, 1.82) is 0 Å². The van der Waals surface area contributed by atoms with E-state index < -0.39 is 10.0 Å². The van der Waals surface area contributed by atoms with Crippen molar-refractivity contribution >= 4 is 21.6 Å². The average Bonchev–Trinajstić information content (AvgIpc) is 3.26. The van der Waals surface area contributed by atoms with Crippen molar-refractivity contribution in [2.45, 2.75) is 30.2 Å². The first-order chi connectivity index (χ1) is 14.3. The van der Waals surface area contributed by atoms with Crippen molar-refractivity contribution < 1.29 is 13.2 Å². The predicted molar refractivity (Wildman–Crippen MR) is 118 cm³/mol. The van der Waals surface area contributed by atoms with E-state index in [1.165, 1.54) is 26.0 Å². The molecule has 2 aromatic carbocycles. The quantitative estimate of drug-likeness (QED) is 0.625. The van der Waals surface area contributed by atoms with Crippen molar-refractivity contribution in [3.8, 4) is 0 Å². The molecule has 8 heteroatoms. The summed E-state index contributed by atoms with van der Waals surface area (Å²) in [6.07, 6.45) is 2.41. The van der Waals surface area contributed by atoms with Gasteiger partial charge in [0.2, 0.25) is 15.9 Å². The topological polar surface area (TPSA) is 95.7 Å². The molecule has 162 valence electrons. The zero-order valence-corrected chi connectivity index (χ0v) is 18.4. The van der Waals surface area contributed by atoms with Crippen LogP contribution >= 0.6 is 0 Å². The predicted octanol–water partition coefficient (Wildman–Crippen LogP) is 2.01. The third-order valence-corrected chi connectivity index (χ3v) is 7.20. The van der Waals surface area contributed by atoms with Crippen molar-refractivity contribution in [2.24, 2.45) is 0 Å².